The number of hydrogen-bond donors (Lipinski definition) is 2. The summed E-state index contributed by atoms with van der Waals surface area (Å²) >= 11 is 1.63. The highest BCUT2D eigenvalue weighted by molar-refractivity contribution is 7.09. The lowest BCUT2D eigenvalue weighted by Crippen LogP contribution is -2.31. The maximum absolute atomic E-state index is 9.89. The molecule has 2 aromatic rings. The number of hydrogen-bond acceptors (Lipinski definition) is 5. The quantitative estimate of drug-likeness (QED) is 0.787. The van der Waals surface area contributed by atoms with Crippen LogP contribution in [0.2, 0.25) is 0 Å². The third-order valence-corrected chi connectivity index (χ3v) is 4.06. The molecule has 0 amide bonds. The highest BCUT2D eigenvalue weighted by Gasteiger charge is 2.06. The molecule has 0 saturated heterocycles. The lowest BCUT2D eigenvalue weighted by Gasteiger charge is -2.13. The topological polar surface area (TPSA) is 54.4 Å². The first-order valence-electron chi connectivity index (χ1n) is 7.19. The fraction of sp³-hybridized carbons (Fsp3) is 0.438. The average Bonchev–Trinajstić information content (AvgIpc) is 2.91. The van der Waals surface area contributed by atoms with E-state index in [0.717, 1.165) is 22.9 Å². The maximum atomic E-state index is 9.89. The first-order valence-corrected chi connectivity index (χ1v) is 8.07. The first kappa shape index (κ1) is 15.9. The number of rotatable bonds is 8. The van der Waals surface area contributed by atoms with Crippen molar-refractivity contribution in [3.63, 3.8) is 0 Å². The SMILES string of the molecule is CCc1ccc(OCC(O)CNCc2nc(C)cs2)cc1. The van der Waals surface area contributed by atoms with Gasteiger partial charge < -0.3 is 15.2 Å². The van der Waals surface area contributed by atoms with Gasteiger partial charge in [0.1, 0.15) is 23.5 Å². The molecule has 1 aromatic carbocycles. The van der Waals surface area contributed by atoms with Crippen molar-refractivity contribution in [1.82, 2.24) is 10.3 Å². The summed E-state index contributed by atoms with van der Waals surface area (Å²) in [6, 6.07) is 7.98. The third-order valence-electron chi connectivity index (χ3n) is 3.10. The molecule has 1 unspecified atom stereocenters. The number of nitrogens with one attached hydrogen (secondary N) is 1. The Labute approximate surface area is 129 Å². The van der Waals surface area contributed by atoms with E-state index in [-0.39, 0.29) is 6.61 Å². The summed E-state index contributed by atoms with van der Waals surface area (Å²) in [7, 11) is 0. The Morgan fingerprint density at radius 2 is 2.10 bits per heavy atom. The minimum absolute atomic E-state index is 0.287. The molecule has 0 saturated carbocycles. The van der Waals surface area contributed by atoms with E-state index in [0.29, 0.717) is 13.1 Å². The monoisotopic (exact) mass is 306 g/mol. The molecule has 0 fully saturated rings. The van der Waals surface area contributed by atoms with E-state index in [1.54, 1.807) is 11.3 Å². The summed E-state index contributed by atoms with van der Waals surface area (Å²) in [4.78, 5) is 4.36. The number of aliphatic hydroxyl groups is 1. The van der Waals surface area contributed by atoms with Crippen molar-refractivity contribution in [2.45, 2.75) is 32.9 Å². The van der Waals surface area contributed by atoms with Crippen LogP contribution in [-0.2, 0) is 13.0 Å². The van der Waals surface area contributed by atoms with Crippen molar-refractivity contribution in [1.29, 1.82) is 0 Å². The zero-order valence-electron chi connectivity index (χ0n) is 12.5. The van der Waals surface area contributed by atoms with E-state index in [4.69, 9.17) is 4.74 Å². The van der Waals surface area contributed by atoms with Crippen molar-refractivity contribution in [2.24, 2.45) is 0 Å². The van der Waals surface area contributed by atoms with Gasteiger partial charge in [0.2, 0.25) is 0 Å². The Balaban J connectivity index is 1.65. The Bertz CT molecular complexity index is 539. The smallest absolute Gasteiger partial charge is 0.119 e. The Kier molecular flexibility index (Phi) is 6.17. The highest BCUT2D eigenvalue weighted by Crippen LogP contribution is 2.12. The van der Waals surface area contributed by atoms with Crippen molar-refractivity contribution in [3.05, 3.63) is 45.9 Å². The molecule has 0 aliphatic rings. The van der Waals surface area contributed by atoms with Gasteiger partial charge in [-0.05, 0) is 31.0 Å². The average molecular weight is 306 g/mol. The van der Waals surface area contributed by atoms with E-state index >= 15 is 0 Å². The summed E-state index contributed by atoms with van der Waals surface area (Å²) < 4.78 is 5.57. The number of aryl methyl sites for hydroxylation is 2. The zero-order valence-corrected chi connectivity index (χ0v) is 13.3. The van der Waals surface area contributed by atoms with Crippen LogP contribution in [0.4, 0.5) is 0 Å². The summed E-state index contributed by atoms with van der Waals surface area (Å²) in [6.07, 6.45) is 0.486. The van der Waals surface area contributed by atoms with Gasteiger partial charge in [-0.2, -0.15) is 0 Å². The van der Waals surface area contributed by atoms with Crippen LogP contribution in [0, 0.1) is 6.92 Å². The summed E-state index contributed by atoms with van der Waals surface area (Å²) in [6.45, 7) is 5.56. The molecule has 0 bridgehead atoms. The van der Waals surface area contributed by atoms with Gasteiger partial charge in [-0.1, -0.05) is 19.1 Å². The molecular weight excluding hydrogens is 284 g/mol. The Morgan fingerprint density at radius 3 is 2.71 bits per heavy atom. The molecule has 0 aliphatic heterocycles. The van der Waals surface area contributed by atoms with Gasteiger partial charge in [0, 0.05) is 24.2 Å². The van der Waals surface area contributed by atoms with Crippen molar-refractivity contribution >= 4 is 11.3 Å². The van der Waals surface area contributed by atoms with Gasteiger partial charge in [0.15, 0.2) is 0 Å². The summed E-state index contributed by atoms with van der Waals surface area (Å²) in [5.74, 6) is 0.793. The summed E-state index contributed by atoms with van der Waals surface area (Å²) in [5, 5.41) is 16.1. The number of nitrogens with zero attached hydrogens (tertiary/aromatic N) is 1. The molecule has 0 radical (unpaired) electrons. The molecule has 4 nitrogen and oxygen atoms in total. The second-order valence-electron chi connectivity index (χ2n) is 4.98. The molecule has 21 heavy (non-hydrogen) atoms. The van der Waals surface area contributed by atoms with E-state index in [9.17, 15) is 5.11 Å². The van der Waals surface area contributed by atoms with Gasteiger partial charge in [-0.25, -0.2) is 4.98 Å². The first-order chi connectivity index (χ1) is 10.2. The van der Waals surface area contributed by atoms with Crippen molar-refractivity contribution in [2.75, 3.05) is 13.2 Å². The van der Waals surface area contributed by atoms with Crippen LogP contribution in [0.1, 0.15) is 23.2 Å². The van der Waals surface area contributed by atoms with Crippen molar-refractivity contribution < 1.29 is 9.84 Å². The van der Waals surface area contributed by atoms with Crippen LogP contribution < -0.4 is 10.1 Å². The van der Waals surface area contributed by atoms with Crippen LogP contribution in [-0.4, -0.2) is 29.3 Å². The molecule has 114 valence electrons. The minimum atomic E-state index is -0.531. The fourth-order valence-corrected chi connectivity index (χ4v) is 2.64. The van der Waals surface area contributed by atoms with Crippen LogP contribution in [0.25, 0.3) is 0 Å². The van der Waals surface area contributed by atoms with Crippen LogP contribution in [0.15, 0.2) is 29.6 Å². The van der Waals surface area contributed by atoms with E-state index in [1.165, 1.54) is 5.56 Å². The summed E-state index contributed by atoms with van der Waals surface area (Å²) in [5.41, 5.74) is 2.32. The number of thiazole rings is 1. The van der Waals surface area contributed by atoms with Crippen LogP contribution >= 0.6 is 11.3 Å². The molecule has 0 aliphatic carbocycles. The number of ether oxygens (including phenoxy) is 1. The third kappa shape index (κ3) is 5.46. The lowest BCUT2D eigenvalue weighted by molar-refractivity contribution is 0.106. The van der Waals surface area contributed by atoms with Crippen LogP contribution in [0.5, 0.6) is 5.75 Å². The molecule has 1 heterocycles. The lowest BCUT2D eigenvalue weighted by atomic mass is 10.2. The van der Waals surface area contributed by atoms with E-state index in [1.807, 2.05) is 36.6 Å². The molecule has 2 rings (SSSR count). The number of aliphatic hydroxyl groups excluding tert-OH is 1. The largest absolute Gasteiger partial charge is 0.491 e. The standard InChI is InChI=1S/C16H22N2O2S/c1-3-13-4-6-15(7-5-13)20-10-14(19)8-17-9-16-18-12(2)11-21-16/h4-7,11,14,17,19H,3,8-10H2,1-2H3. The Morgan fingerprint density at radius 1 is 1.33 bits per heavy atom. The van der Waals surface area contributed by atoms with Gasteiger partial charge >= 0.3 is 0 Å². The molecule has 1 aromatic heterocycles. The van der Waals surface area contributed by atoms with E-state index < -0.39 is 6.10 Å². The molecule has 5 heteroatoms. The maximum Gasteiger partial charge on any atom is 0.119 e. The predicted molar refractivity (Wildman–Crippen MR) is 85.9 cm³/mol. The predicted octanol–water partition coefficient (Wildman–Crippen LogP) is 2.54. The van der Waals surface area contributed by atoms with Gasteiger partial charge in [0.05, 0.1) is 0 Å². The van der Waals surface area contributed by atoms with Crippen LogP contribution in [0.3, 0.4) is 0 Å². The fourth-order valence-electron chi connectivity index (χ4n) is 1.90. The molecule has 2 N–H and O–H groups in total. The zero-order chi connectivity index (χ0) is 15.1. The number of benzene rings is 1. The normalized spacial score (nSPS) is 12.3. The number of aromatic nitrogens is 1. The van der Waals surface area contributed by atoms with Gasteiger partial charge in [0.25, 0.3) is 0 Å². The molecule has 0 spiro atoms. The molecule has 1 atom stereocenters. The second kappa shape index (κ2) is 8.12. The van der Waals surface area contributed by atoms with Gasteiger partial charge in [-0.15, -0.1) is 11.3 Å². The second-order valence-corrected chi connectivity index (χ2v) is 5.92. The Hall–Kier alpha value is -1.43. The minimum Gasteiger partial charge on any atom is -0.491 e. The molecular formula is C16H22N2O2S. The van der Waals surface area contributed by atoms with Crippen molar-refractivity contribution in [3.8, 4) is 5.75 Å². The van der Waals surface area contributed by atoms with E-state index in [2.05, 4.69) is 17.2 Å². The highest BCUT2D eigenvalue weighted by atomic mass is 32.1. The van der Waals surface area contributed by atoms with Gasteiger partial charge in [-0.3, -0.25) is 0 Å².